The first-order valence-corrected chi connectivity index (χ1v) is 5.51. The van der Waals surface area contributed by atoms with E-state index in [-0.39, 0.29) is 0 Å². The van der Waals surface area contributed by atoms with Crippen LogP contribution in [0.2, 0.25) is 4.34 Å². The summed E-state index contributed by atoms with van der Waals surface area (Å²) in [5.74, 6) is 0. The lowest BCUT2D eigenvalue weighted by Gasteiger charge is -1.85. The van der Waals surface area contributed by atoms with E-state index in [1.54, 1.807) is 22.7 Å². The number of thiophene rings is 1. The van der Waals surface area contributed by atoms with E-state index >= 15 is 0 Å². The third-order valence-electron chi connectivity index (χ3n) is 1.44. The van der Waals surface area contributed by atoms with Gasteiger partial charge in [-0.05, 0) is 19.1 Å². The fourth-order valence-corrected chi connectivity index (χ4v) is 2.62. The standard InChI is InChI=1S/C8H6ClNS2/c1-5-10-6(4-11-5)7-2-3-8(9)12-7/h2-4H,1H3. The van der Waals surface area contributed by atoms with Crippen LogP contribution in [0.1, 0.15) is 5.01 Å². The SMILES string of the molecule is Cc1nc(-c2ccc(Cl)s2)cs1. The van der Waals surface area contributed by atoms with Gasteiger partial charge < -0.3 is 0 Å². The van der Waals surface area contributed by atoms with Crippen molar-refractivity contribution in [3.05, 3.63) is 26.9 Å². The van der Waals surface area contributed by atoms with Gasteiger partial charge in [0.25, 0.3) is 0 Å². The second kappa shape index (κ2) is 3.17. The molecule has 0 aliphatic heterocycles. The zero-order valence-electron chi connectivity index (χ0n) is 6.37. The topological polar surface area (TPSA) is 12.9 Å². The van der Waals surface area contributed by atoms with Crippen LogP contribution >= 0.6 is 34.3 Å². The summed E-state index contributed by atoms with van der Waals surface area (Å²) in [6, 6.07) is 3.90. The van der Waals surface area contributed by atoms with E-state index in [4.69, 9.17) is 11.6 Å². The Morgan fingerprint density at radius 1 is 1.42 bits per heavy atom. The number of thiazole rings is 1. The lowest BCUT2D eigenvalue weighted by Crippen LogP contribution is -1.70. The van der Waals surface area contributed by atoms with E-state index in [1.165, 1.54) is 0 Å². The number of rotatable bonds is 1. The smallest absolute Gasteiger partial charge is 0.0935 e. The highest BCUT2D eigenvalue weighted by Gasteiger charge is 2.03. The summed E-state index contributed by atoms with van der Waals surface area (Å²) in [5, 5.41) is 3.15. The molecule has 0 unspecified atom stereocenters. The number of nitrogens with zero attached hydrogens (tertiary/aromatic N) is 1. The van der Waals surface area contributed by atoms with Gasteiger partial charge in [-0.2, -0.15) is 0 Å². The van der Waals surface area contributed by atoms with Crippen molar-refractivity contribution in [2.75, 3.05) is 0 Å². The fraction of sp³-hybridized carbons (Fsp3) is 0.125. The molecular formula is C8H6ClNS2. The summed E-state index contributed by atoms with van der Waals surface area (Å²) in [5.41, 5.74) is 1.04. The quantitative estimate of drug-likeness (QED) is 0.705. The van der Waals surface area contributed by atoms with Gasteiger partial charge in [0.05, 0.1) is 19.9 Å². The van der Waals surface area contributed by atoms with Crippen LogP contribution in [0.3, 0.4) is 0 Å². The third kappa shape index (κ3) is 1.53. The predicted octanol–water partition coefficient (Wildman–Crippen LogP) is 3.83. The minimum atomic E-state index is 0.815. The van der Waals surface area contributed by atoms with Crippen LogP contribution in [-0.4, -0.2) is 4.98 Å². The average molecular weight is 216 g/mol. The second-order valence-corrected chi connectivity index (χ2v) is 5.13. The van der Waals surface area contributed by atoms with Gasteiger partial charge in [-0.1, -0.05) is 11.6 Å². The molecule has 12 heavy (non-hydrogen) atoms. The largest absolute Gasteiger partial charge is 0.241 e. The highest BCUT2D eigenvalue weighted by molar-refractivity contribution is 7.19. The van der Waals surface area contributed by atoms with Crippen molar-refractivity contribution >= 4 is 34.3 Å². The number of aromatic nitrogens is 1. The van der Waals surface area contributed by atoms with Crippen LogP contribution in [0.4, 0.5) is 0 Å². The van der Waals surface area contributed by atoms with Gasteiger partial charge in [0.1, 0.15) is 0 Å². The maximum Gasteiger partial charge on any atom is 0.0935 e. The molecule has 0 N–H and O–H groups in total. The van der Waals surface area contributed by atoms with Crippen molar-refractivity contribution in [2.45, 2.75) is 6.92 Å². The summed E-state index contributed by atoms with van der Waals surface area (Å²) in [4.78, 5) is 5.51. The Kier molecular flexibility index (Phi) is 2.17. The van der Waals surface area contributed by atoms with E-state index < -0.39 is 0 Å². The normalized spacial score (nSPS) is 10.5. The molecule has 2 aromatic heterocycles. The Morgan fingerprint density at radius 3 is 2.75 bits per heavy atom. The van der Waals surface area contributed by atoms with Crippen LogP contribution in [0.15, 0.2) is 17.5 Å². The zero-order valence-corrected chi connectivity index (χ0v) is 8.76. The number of halogens is 1. The molecule has 0 amide bonds. The monoisotopic (exact) mass is 215 g/mol. The van der Waals surface area contributed by atoms with E-state index in [0.29, 0.717) is 0 Å². The van der Waals surface area contributed by atoms with Gasteiger partial charge >= 0.3 is 0 Å². The Hall–Kier alpha value is -0.380. The van der Waals surface area contributed by atoms with Crippen LogP contribution < -0.4 is 0 Å². The molecule has 0 radical (unpaired) electrons. The van der Waals surface area contributed by atoms with Crippen molar-refractivity contribution in [1.82, 2.24) is 4.98 Å². The van der Waals surface area contributed by atoms with Gasteiger partial charge in [0, 0.05) is 5.38 Å². The third-order valence-corrected chi connectivity index (χ3v) is 3.47. The Morgan fingerprint density at radius 2 is 2.25 bits per heavy atom. The van der Waals surface area contributed by atoms with Gasteiger partial charge in [0.2, 0.25) is 0 Å². The molecule has 0 atom stereocenters. The summed E-state index contributed by atoms with van der Waals surface area (Å²) in [7, 11) is 0. The first-order chi connectivity index (χ1) is 5.75. The molecule has 0 aromatic carbocycles. The summed E-state index contributed by atoms with van der Waals surface area (Å²) in [6.45, 7) is 2.00. The number of aryl methyl sites for hydroxylation is 1. The van der Waals surface area contributed by atoms with Crippen LogP contribution in [0, 0.1) is 6.92 Å². The molecule has 1 nitrogen and oxygen atoms in total. The van der Waals surface area contributed by atoms with Crippen molar-refractivity contribution in [3.8, 4) is 10.6 Å². The first-order valence-electron chi connectivity index (χ1n) is 3.43. The molecule has 0 bridgehead atoms. The molecule has 0 saturated carbocycles. The highest BCUT2D eigenvalue weighted by atomic mass is 35.5. The van der Waals surface area contributed by atoms with E-state index in [1.807, 2.05) is 19.1 Å². The van der Waals surface area contributed by atoms with Crippen molar-refractivity contribution in [3.63, 3.8) is 0 Å². The zero-order chi connectivity index (χ0) is 8.55. The van der Waals surface area contributed by atoms with E-state index in [2.05, 4.69) is 10.4 Å². The van der Waals surface area contributed by atoms with E-state index in [9.17, 15) is 0 Å². The minimum Gasteiger partial charge on any atom is -0.241 e. The number of hydrogen-bond donors (Lipinski definition) is 0. The fourth-order valence-electron chi connectivity index (χ4n) is 0.929. The first kappa shape index (κ1) is 8.23. The lowest BCUT2D eigenvalue weighted by atomic mass is 10.4. The minimum absolute atomic E-state index is 0.815. The summed E-state index contributed by atoms with van der Waals surface area (Å²) in [6.07, 6.45) is 0. The molecule has 0 spiro atoms. The molecule has 2 heterocycles. The molecule has 0 aliphatic carbocycles. The summed E-state index contributed by atoms with van der Waals surface area (Å²) < 4.78 is 0.815. The molecule has 2 rings (SSSR count). The van der Waals surface area contributed by atoms with Crippen molar-refractivity contribution < 1.29 is 0 Å². The van der Waals surface area contributed by atoms with Crippen molar-refractivity contribution in [2.24, 2.45) is 0 Å². The van der Waals surface area contributed by atoms with Gasteiger partial charge in [-0.3, -0.25) is 0 Å². The van der Waals surface area contributed by atoms with Gasteiger partial charge in [-0.15, -0.1) is 22.7 Å². The highest BCUT2D eigenvalue weighted by Crippen LogP contribution is 2.31. The second-order valence-electron chi connectivity index (χ2n) is 2.36. The van der Waals surface area contributed by atoms with Crippen LogP contribution in [0.5, 0.6) is 0 Å². The maximum absolute atomic E-state index is 5.81. The van der Waals surface area contributed by atoms with Crippen molar-refractivity contribution in [1.29, 1.82) is 0 Å². The Labute approximate surface area is 83.7 Å². The molecule has 0 fully saturated rings. The number of hydrogen-bond acceptors (Lipinski definition) is 3. The molecule has 4 heteroatoms. The maximum atomic E-state index is 5.81. The lowest BCUT2D eigenvalue weighted by molar-refractivity contribution is 1.31. The van der Waals surface area contributed by atoms with Crippen LogP contribution in [0.25, 0.3) is 10.6 Å². The molecular weight excluding hydrogens is 210 g/mol. The van der Waals surface area contributed by atoms with Gasteiger partial charge in [0.15, 0.2) is 0 Å². The predicted molar refractivity (Wildman–Crippen MR) is 55.2 cm³/mol. The molecule has 62 valence electrons. The Balaban J connectivity index is 2.43. The van der Waals surface area contributed by atoms with Crippen LogP contribution in [-0.2, 0) is 0 Å². The average Bonchev–Trinajstić information content (AvgIpc) is 2.58. The molecule has 0 aliphatic rings. The molecule has 2 aromatic rings. The Bertz CT molecular complexity index is 353. The molecule has 0 saturated heterocycles. The van der Waals surface area contributed by atoms with E-state index in [0.717, 1.165) is 19.9 Å². The van der Waals surface area contributed by atoms with Gasteiger partial charge in [-0.25, -0.2) is 4.98 Å². The summed E-state index contributed by atoms with van der Waals surface area (Å²) >= 11 is 9.04.